The van der Waals surface area contributed by atoms with E-state index in [2.05, 4.69) is 33.2 Å². The number of carbonyl (C=O) groups excluding carboxylic acids is 3. The average molecular weight is 599 g/mol. The summed E-state index contributed by atoms with van der Waals surface area (Å²) in [6.07, 6.45) is 1.30. The Kier molecular flexibility index (Phi) is 10.7. The predicted octanol–water partition coefficient (Wildman–Crippen LogP) is 3.46. The van der Waals surface area contributed by atoms with Crippen LogP contribution in [0.15, 0.2) is 78.9 Å². The molecule has 0 unspecified atom stereocenters. The molecule has 36 heavy (non-hydrogen) atoms. The molecule has 3 rings (SSSR count). The minimum absolute atomic E-state index is 0.205. The number of halogens is 1. The van der Waals surface area contributed by atoms with Crippen molar-refractivity contribution < 1.29 is 19.1 Å². The Labute approximate surface area is 225 Å². The zero-order valence-corrected chi connectivity index (χ0v) is 22.4. The van der Waals surface area contributed by atoms with E-state index < -0.39 is 0 Å². The van der Waals surface area contributed by atoms with Crippen LogP contribution in [-0.2, 0) is 22.4 Å². The van der Waals surface area contributed by atoms with Gasteiger partial charge in [0, 0.05) is 22.2 Å². The van der Waals surface area contributed by atoms with Crippen LogP contribution in [0.5, 0.6) is 5.75 Å². The molecule has 7 nitrogen and oxygen atoms in total. The maximum atomic E-state index is 13.1. The van der Waals surface area contributed by atoms with E-state index in [1.54, 1.807) is 19.2 Å². The molecule has 0 aromatic heterocycles. The third-order valence-corrected chi connectivity index (χ3v) is 6.22. The Morgan fingerprint density at radius 2 is 1.36 bits per heavy atom. The van der Waals surface area contributed by atoms with E-state index in [0.717, 1.165) is 20.4 Å². The lowest BCUT2D eigenvalue weighted by Crippen LogP contribution is -2.46. The van der Waals surface area contributed by atoms with Gasteiger partial charge in [0.1, 0.15) is 18.8 Å². The Morgan fingerprint density at radius 1 is 0.778 bits per heavy atom. The van der Waals surface area contributed by atoms with E-state index in [4.69, 9.17) is 4.74 Å². The van der Waals surface area contributed by atoms with Gasteiger partial charge in [0.05, 0.1) is 7.11 Å². The molecule has 0 heterocycles. The number of hydrogen-bond donors (Lipinski definition) is 2. The minimum atomic E-state index is -0.368. The van der Waals surface area contributed by atoms with Gasteiger partial charge in [-0.3, -0.25) is 14.4 Å². The predicted molar refractivity (Wildman–Crippen MR) is 148 cm³/mol. The first-order valence-corrected chi connectivity index (χ1v) is 12.8. The first-order chi connectivity index (χ1) is 17.4. The first-order valence-electron chi connectivity index (χ1n) is 11.7. The third kappa shape index (κ3) is 8.99. The molecule has 3 aromatic rings. The number of carbonyl (C=O) groups is 3. The number of hydrogen-bond acceptors (Lipinski definition) is 4. The molecular weight excluding hydrogens is 569 g/mol. The highest BCUT2D eigenvalue weighted by atomic mass is 127. The van der Waals surface area contributed by atoms with Gasteiger partial charge in [-0.25, -0.2) is 0 Å². The van der Waals surface area contributed by atoms with E-state index in [9.17, 15) is 14.4 Å². The van der Waals surface area contributed by atoms with Gasteiger partial charge in [0.25, 0.3) is 5.91 Å². The second-order valence-electron chi connectivity index (χ2n) is 8.21. The molecule has 0 atom stereocenters. The lowest BCUT2D eigenvalue weighted by Gasteiger charge is -2.22. The molecule has 0 aliphatic carbocycles. The fourth-order valence-corrected chi connectivity index (χ4v) is 3.96. The molecule has 188 valence electrons. The van der Waals surface area contributed by atoms with E-state index >= 15 is 0 Å². The molecular formula is C28H30IN3O4. The summed E-state index contributed by atoms with van der Waals surface area (Å²) in [5.74, 6) is -0.248. The van der Waals surface area contributed by atoms with Gasteiger partial charge >= 0.3 is 0 Å². The Balaban J connectivity index is 1.57. The second kappa shape index (κ2) is 14.2. The van der Waals surface area contributed by atoms with Crippen molar-refractivity contribution in [2.75, 3.05) is 33.3 Å². The highest BCUT2D eigenvalue weighted by Crippen LogP contribution is 2.13. The van der Waals surface area contributed by atoms with E-state index in [-0.39, 0.29) is 30.8 Å². The van der Waals surface area contributed by atoms with E-state index in [1.807, 2.05) is 66.7 Å². The SMILES string of the molecule is COc1cccc(CCNC(=O)CN(CC(=O)NCCc2ccccc2)C(=O)c2ccc(I)cc2)c1. The van der Waals surface area contributed by atoms with Crippen molar-refractivity contribution in [1.29, 1.82) is 0 Å². The molecule has 0 aliphatic rings. The van der Waals surface area contributed by atoms with Gasteiger partial charge in [0.2, 0.25) is 11.8 Å². The summed E-state index contributed by atoms with van der Waals surface area (Å²) in [7, 11) is 1.61. The normalized spacial score (nSPS) is 10.4. The van der Waals surface area contributed by atoms with E-state index in [1.165, 1.54) is 4.90 Å². The topological polar surface area (TPSA) is 87.7 Å². The smallest absolute Gasteiger partial charge is 0.254 e. The van der Waals surface area contributed by atoms with Crippen LogP contribution >= 0.6 is 22.6 Å². The van der Waals surface area contributed by atoms with Crippen LogP contribution in [0.4, 0.5) is 0 Å². The summed E-state index contributed by atoms with van der Waals surface area (Å²) in [5.41, 5.74) is 2.57. The maximum Gasteiger partial charge on any atom is 0.254 e. The van der Waals surface area contributed by atoms with Crippen molar-refractivity contribution in [1.82, 2.24) is 15.5 Å². The van der Waals surface area contributed by atoms with Crippen molar-refractivity contribution in [3.8, 4) is 5.75 Å². The molecule has 0 aliphatic heterocycles. The highest BCUT2D eigenvalue weighted by Gasteiger charge is 2.21. The van der Waals surface area contributed by atoms with Crippen LogP contribution < -0.4 is 15.4 Å². The highest BCUT2D eigenvalue weighted by molar-refractivity contribution is 14.1. The molecule has 3 aromatic carbocycles. The van der Waals surface area contributed by atoms with Crippen molar-refractivity contribution in [2.24, 2.45) is 0 Å². The molecule has 8 heteroatoms. The summed E-state index contributed by atoms with van der Waals surface area (Å²) in [4.78, 5) is 39.7. The molecule has 0 spiro atoms. The summed E-state index contributed by atoms with van der Waals surface area (Å²) in [6.45, 7) is 0.430. The number of nitrogens with zero attached hydrogens (tertiary/aromatic N) is 1. The number of amides is 3. The van der Waals surface area contributed by atoms with Crippen molar-refractivity contribution in [3.05, 3.63) is 99.1 Å². The lowest BCUT2D eigenvalue weighted by molar-refractivity contribution is -0.124. The Morgan fingerprint density at radius 3 is 1.97 bits per heavy atom. The Hall–Kier alpha value is -3.40. The quantitative estimate of drug-likeness (QED) is 0.313. The van der Waals surface area contributed by atoms with Gasteiger partial charge < -0.3 is 20.3 Å². The second-order valence-corrected chi connectivity index (χ2v) is 9.45. The van der Waals surface area contributed by atoms with Gasteiger partial charge in [-0.05, 0) is 83.0 Å². The minimum Gasteiger partial charge on any atom is -0.497 e. The molecule has 3 amide bonds. The summed E-state index contributed by atoms with van der Waals surface area (Å²) >= 11 is 2.16. The number of ether oxygens (including phenoxy) is 1. The molecule has 0 fully saturated rings. The number of nitrogens with one attached hydrogen (secondary N) is 2. The first kappa shape index (κ1) is 27.2. The van der Waals surface area contributed by atoms with Crippen molar-refractivity contribution >= 4 is 40.3 Å². The van der Waals surface area contributed by atoms with Crippen molar-refractivity contribution in [2.45, 2.75) is 12.8 Å². The fourth-order valence-electron chi connectivity index (χ4n) is 3.60. The summed E-state index contributed by atoms with van der Waals surface area (Å²) in [5, 5.41) is 5.69. The zero-order valence-electron chi connectivity index (χ0n) is 20.2. The van der Waals surface area contributed by atoms with Crippen LogP contribution in [0, 0.1) is 3.57 Å². The molecule has 0 saturated heterocycles. The monoisotopic (exact) mass is 599 g/mol. The fraction of sp³-hybridized carbons (Fsp3) is 0.250. The maximum absolute atomic E-state index is 13.1. The zero-order chi connectivity index (χ0) is 25.8. The standard InChI is InChI=1S/C28H30IN3O4/c1-36-25-9-5-8-22(18-25)15-17-31-27(34)20-32(28(35)23-10-12-24(29)13-11-23)19-26(33)30-16-14-21-6-3-2-4-7-21/h2-13,18H,14-17,19-20H2,1H3,(H,30,33)(H,31,34). The van der Waals surface area contributed by atoms with Crippen molar-refractivity contribution in [3.63, 3.8) is 0 Å². The largest absolute Gasteiger partial charge is 0.497 e. The van der Waals surface area contributed by atoms with Crippen LogP contribution in [0.3, 0.4) is 0 Å². The van der Waals surface area contributed by atoms with Gasteiger partial charge in [-0.1, -0.05) is 42.5 Å². The molecule has 2 N–H and O–H groups in total. The molecule has 0 bridgehead atoms. The van der Waals surface area contributed by atoms with Gasteiger partial charge in [-0.15, -0.1) is 0 Å². The van der Waals surface area contributed by atoms with Gasteiger partial charge in [0.15, 0.2) is 0 Å². The average Bonchev–Trinajstić information content (AvgIpc) is 2.89. The van der Waals surface area contributed by atoms with Crippen LogP contribution in [0.2, 0.25) is 0 Å². The lowest BCUT2D eigenvalue weighted by atomic mass is 10.1. The number of benzene rings is 3. The molecule has 0 radical (unpaired) electrons. The molecule has 0 saturated carbocycles. The summed E-state index contributed by atoms with van der Waals surface area (Å²) in [6, 6.07) is 24.5. The number of methoxy groups -OCH3 is 1. The third-order valence-electron chi connectivity index (χ3n) is 5.50. The summed E-state index contributed by atoms with van der Waals surface area (Å²) < 4.78 is 6.22. The van der Waals surface area contributed by atoms with E-state index in [0.29, 0.717) is 31.5 Å². The Bertz CT molecular complexity index is 1150. The van der Waals surface area contributed by atoms with Crippen LogP contribution in [-0.4, -0.2) is 55.9 Å². The van der Waals surface area contributed by atoms with Crippen LogP contribution in [0.25, 0.3) is 0 Å². The van der Waals surface area contributed by atoms with Gasteiger partial charge in [-0.2, -0.15) is 0 Å². The number of rotatable bonds is 12. The van der Waals surface area contributed by atoms with Crippen LogP contribution in [0.1, 0.15) is 21.5 Å².